The molecule has 2 aromatic carbocycles. The summed E-state index contributed by atoms with van der Waals surface area (Å²) < 4.78 is 6.59. The second-order valence-electron chi connectivity index (χ2n) is 7.66. The lowest BCUT2D eigenvalue weighted by Gasteiger charge is -2.15. The van der Waals surface area contributed by atoms with E-state index in [0.717, 1.165) is 42.4 Å². The monoisotopic (exact) mass is 419 g/mol. The predicted octanol–water partition coefficient (Wildman–Crippen LogP) is 2.98. The molecule has 0 atom stereocenters. The summed E-state index contributed by atoms with van der Waals surface area (Å²) in [7, 11) is 1.34. The smallest absolute Gasteiger partial charge is 0.340 e. The third-order valence-electron chi connectivity index (χ3n) is 5.56. The lowest BCUT2D eigenvalue weighted by molar-refractivity contribution is -0.121. The molecule has 160 valence electrons. The fraction of sp³-hybridized carbons (Fsp3) is 0.292. The van der Waals surface area contributed by atoms with Crippen LogP contribution in [-0.4, -0.2) is 47.4 Å². The zero-order chi connectivity index (χ0) is 21.8. The number of likely N-dealkylation sites (tertiary alicyclic amines) is 1. The third kappa shape index (κ3) is 4.45. The van der Waals surface area contributed by atoms with Crippen molar-refractivity contribution in [2.45, 2.75) is 25.9 Å². The fourth-order valence-electron chi connectivity index (χ4n) is 3.98. The van der Waals surface area contributed by atoms with Gasteiger partial charge in [-0.05, 0) is 36.6 Å². The number of methoxy groups -OCH3 is 1. The maximum Gasteiger partial charge on any atom is 0.340 e. The summed E-state index contributed by atoms with van der Waals surface area (Å²) in [4.78, 5) is 39.1. The number of nitrogens with zero attached hydrogens (tertiary/aromatic N) is 2. The van der Waals surface area contributed by atoms with Gasteiger partial charge in [-0.3, -0.25) is 9.59 Å². The Morgan fingerprint density at radius 3 is 2.58 bits per heavy atom. The number of ether oxygens (including phenoxy) is 1. The van der Waals surface area contributed by atoms with Crippen LogP contribution in [0.15, 0.2) is 54.7 Å². The second kappa shape index (κ2) is 9.04. The quantitative estimate of drug-likeness (QED) is 0.623. The van der Waals surface area contributed by atoms with E-state index >= 15 is 0 Å². The molecule has 1 aromatic heterocycles. The fourth-order valence-corrected chi connectivity index (χ4v) is 3.98. The van der Waals surface area contributed by atoms with Crippen molar-refractivity contribution in [3.63, 3.8) is 0 Å². The molecule has 1 aliphatic heterocycles. The largest absolute Gasteiger partial charge is 0.465 e. The van der Waals surface area contributed by atoms with Crippen LogP contribution in [-0.2, 0) is 22.6 Å². The Balaban J connectivity index is 1.43. The van der Waals surface area contributed by atoms with Crippen LogP contribution in [0.4, 0.5) is 0 Å². The number of benzene rings is 2. The van der Waals surface area contributed by atoms with Gasteiger partial charge in [0.2, 0.25) is 5.91 Å². The molecule has 1 N–H and O–H groups in total. The molecule has 0 saturated carbocycles. The molecule has 3 aromatic rings. The Hall–Kier alpha value is -3.61. The Morgan fingerprint density at radius 2 is 1.81 bits per heavy atom. The average Bonchev–Trinajstić information content (AvgIpc) is 3.46. The van der Waals surface area contributed by atoms with Gasteiger partial charge in [0, 0.05) is 42.3 Å². The number of fused-ring (bicyclic) bond motifs is 1. The molecule has 7 heteroatoms. The number of carbonyl (C=O) groups is 3. The van der Waals surface area contributed by atoms with Crippen LogP contribution < -0.4 is 5.32 Å². The predicted molar refractivity (Wildman–Crippen MR) is 117 cm³/mol. The maximum atomic E-state index is 12.6. The summed E-state index contributed by atoms with van der Waals surface area (Å²) in [5.41, 5.74) is 2.73. The van der Waals surface area contributed by atoms with Crippen molar-refractivity contribution in [1.82, 2.24) is 14.8 Å². The maximum absolute atomic E-state index is 12.6. The van der Waals surface area contributed by atoms with E-state index in [9.17, 15) is 14.4 Å². The highest BCUT2D eigenvalue weighted by atomic mass is 16.5. The highest BCUT2D eigenvalue weighted by Crippen LogP contribution is 2.22. The number of nitrogens with one attached hydrogen (secondary N) is 1. The molecular formula is C24H25N3O4. The summed E-state index contributed by atoms with van der Waals surface area (Å²) >= 11 is 0. The minimum atomic E-state index is -0.435. The molecule has 0 radical (unpaired) electrons. The SMILES string of the molecule is COC(=O)c1cn(CC(=O)NCc2cccc(C(=O)N3CCCC3)c2)c2ccccc12. The Morgan fingerprint density at radius 1 is 1.03 bits per heavy atom. The molecule has 7 nitrogen and oxygen atoms in total. The molecule has 2 amide bonds. The van der Waals surface area contributed by atoms with Gasteiger partial charge in [0.05, 0.1) is 12.7 Å². The topological polar surface area (TPSA) is 80.6 Å². The first-order chi connectivity index (χ1) is 15.1. The summed E-state index contributed by atoms with van der Waals surface area (Å²) in [5, 5.41) is 3.65. The van der Waals surface area contributed by atoms with Gasteiger partial charge >= 0.3 is 5.97 Å². The lowest BCUT2D eigenvalue weighted by atomic mass is 10.1. The van der Waals surface area contributed by atoms with Gasteiger partial charge in [0.25, 0.3) is 5.91 Å². The van der Waals surface area contributed by atoms with Gasteiger partial charge in [-0.2, -0.15) is 0 Å². The van der Waals surface area contributed by atoms with E-state index in [1.165, 1.54) is 7.11 Å². The minimum Gasteiger partial charge on any atom is -0.465 e. The molecule has 4 rings (SSSR count). The van der Waals surface area contributed by atoms with E-state index in [1.807, 2.05) is 53.4 Å². The summed E-state index contributed by atoms with van der Waals surface area (Å²) in [6.07, 6.45) is 3.74. The average molecular weight is 419 g/mol. The van der Waals surface area contributed by atoms with Gasteiger partial charge in [-0.15, -0.1) is 0 Å². The number of hydrogen-bond donors (Lipinski definition) is 1. The first-order valence-corrected chi connectivity index (χ1v) is 10.4. The highest BCUT2D eigenvalue weighted by Gasteiger charge is 2.20. The van der Waals surface area contributed by atoms with E-state index in [1.54, 1.807) is 10.8 Å². The first-order valence-electron chi connectivity index (χ1n) is 10.4. The van der Waals surface area contributed by atoms with Crippen LogP contribution in [0.5, 0.6) is 0 Å². The molecule has 1 saturated heterocycles. The molecule has 2 heterocycles. The Bertz CT molecular complexity index is 1130. The minimum absolute atomic E-state index is 0.0415. The summed E-state index contributed by atoms with van der Waals surface area (Å²) in [5.74, 6) is -0.580. The van der Waals surface area contributed by atoms with Crippen molar-refractivity contribution in [3.8, 4) is 0 Å². The molecule has 1 aliphatic rings. The molecule has 0 bridgehead atoms. The molecule has 0 unspecified atom stereocenters. The highest BCUT2D eigenvalue weighted by molar-refractivity contribution is 6.04. The van der Waals surface area contributed by atoms with E-state index in [-0.39, 0.29) is 18.4 Å². The van der Waals surface area contributed by atoms with Crippen molar-refractivity contribution in [2.24, 2.45) is 0 Å². The van der Waals surface area contributed by atoms with Crippen LogP contribution in [0.25, 0.3) is 10.9 Å². The van der Waals surface area contributed by atoms with Crippen LogP contribution in [0.3, 0.4) is 0 Å². The van der Waals surface area contributed by atoms with Gasteiger partial charge in [-0.25, -0.2) is 4.79 Å². The lowest BCUT2D eigenvalue weighted by Crippen LogP contribution is -2.28. The van der Waals surface area contributed by atoms with Crippen molar-refractivity contribution >= 4 is 28.7 Å². The van der Waals surface area contributed by atoms with E-state index < -0.39 is 5.97 Å². The molecule has 1 fully saturated rings. The van der Waals surface area contributed by atoms with Crippen molar-refractivity contribution in [2.75, 3.05) is 20.2 Å². The van der Waals surface area contributed by atoms with Crippen LogP contribution in [0, 0.1) is 0 Å². The number of aromatic nitrogens is 1. The third-order valence-corrected chi connectivity index (χ3v) is 5.56. The number of rotatable bonds is 6. The number of amides is 2. The van der Waals surface area contributed by atoms with Crippen LogP contribution in [0.2, 0.25) is 0 Å². The Kier molecular flexibility index (Phi) is 6.02. The van der Waals surface area contributed by atoms with E-state index in [2.05, 4.69) is 5.32 Å². The second-order valence-corrected chi connectivity index (χ2v) is 7.66. The van der Waals surface area contributed by atoms with Gasteiger partial charge in [-0.1, -0.05) is 30.3 Å². The Labute approximate surface area is 180 Å². The van der Waals surface area contributed by atoms with Crippen molar-refractivity contribution in [1.29, 1.82) is 0 Å². The van der Waals surface area contributed by atoms with Crippen molar-refractivity contribution < 1.29 is 19.1 Å². The van der Waals surface area contributed by atoms with Gasteiger partial charge in [0.15, 0.2) is 0 Å². The van der Waals surface area contributed by atoms with E-state index in [4.69, 9.17) is 4.74 Å². The van der Waals surface area contributed by atoms with Gasteiger partial charge < -0.3 is 19.5 Å². The molecule has 31 heavy (non-hydrogen) atoms. The number of esters is 1. The first kappa shape index (κ1) is 20.7. The van der Waals surface area contributed by atoms with Crippen LogP contribution >= 0.6 is 0 Å². The molecule has 0 spiro atoms. The summed E-state index contributed by atoms with van der Waals surface area (Å²) in [6.45, 7) is 2.00. The number of hydrogen-bond acceptors (Lipinski definition) is 4. The van der Waals surface area contributed by atoms with Gasteiger partial charge in [0.1, 0.15) is 6.54 Å². The molecule has 0 aliphatic carbocycles. The summed E-state index contributed by atoms with van der Waals surface area (Å²) in [6, 6.07) is 14.8. The van der Waals surface area contributed by atoms with E-state index in [0.29, 0.717) is 17.7 Å². The van der Waals surface area contributed by atoms with Crippen LogP contribution in [0.1, 0.15) is 39.1 Å². The molecular weight excluding hydrogens is 394 g/mol. The number of carbonyl (C=O) groups excluding carboxylic acids is 3. The number of para-hydroxylation sites is 1. The zero-order valence-electron chi connectivity index (χ0n) is 17.5. The zero-order valence-corrected chi connectivity index (χ0v) is 17.5. The standard InChI is InChI=1S/C24H25N3O4/c1-31-24(30)20-15-27(21-10-3-2-9-19(20)21)16-22(28)25-14-17-7-6-8-18(13-17)23(29)26-11-4-5-12-26/h2-3,6-10,13,15H,4-5,11-12,14,16H2,1H3,(H,25,28). The van der Waals surface area contributed by atoms with Crippen molar-refractivity contribution in [3.05, 3.63) is 71.4 Å². The normalized spacial score (nSPS) is 13.4.